The van der Waals surface area contributed by atoms with Crippen LogP contribution < -0.4 is 10.6 Å². The molecule has 0 bridgehead atoms. The molecule has 1 aromatic carbocycles. The minimum atomic E-state index is -3.60. The highest BCUT2D eigenvalue weighted by molar-refractivity contribution is 7.89. The lowest BCUT2D eigenvalue weighted by Crippen LogP contribution is -2.54. The Balaban J connectivity index is 1.35. The van der Waals surface area contributed by atoms with E-state index in [2.05, 4.69) is 10.6 Å². The van der Waals surface area contributed by atoms with Crippen LogP contribution in [0, 0.1) is 19.8 Å². The van der Waals surface area contributed by atoms with E-state index in [1.165, 1.54) is 4.31 Å². The lowest BCUT2D eigenvalue weighted by molar-refractivity contribution is -0.139. The number of aryl methyl sites for hydroxylation is 2. The van der Waals surface area contributed by atoms with Crippen LogP contribution in [0.5, 0.6) is 0 Å². The van der Waals surface area contributed by atoms with Crippen molar-refractivity contribution in [3.05, 3.63) is 29.3 Å². The fraction of sp³-hybridized carbons (Fsp3) is 0.571. The molecule has 4 amide bonds. The van der Waals surface area contributed by atoms with E-state index in [9.17, 15) is 22.8 Å². The number of imide groups is 1. The van der Waals surface area contributed by atoms with Gasteiger partial charge < -0.3 is 10.2 Å². The summed E-state index contributed by atoms with van der Waals surface area (Å²) in [7, 11) is -3.60. The number of hydrogen-bond acceptors (Lipinski definition) is 5. The number of nitrogens with one attached hydrogen (secondary N) is 2. The summed E-state index contributed by atoms with van der Waals surface area (Å²) in [6.45, 7) is 4.94. The highest BCUT2D eigenvalue weighted by Crippen LogP contribution is 2.35. The maximum atomic E-state index is 13.0. The second-order valence-electron chi connectivity index (χ2n) is 8.76. The van der Waals surface area contributed by atoms with Crippen LogP contribution in [-0.2, 0) is 19.6 Å². The first kappa shape index (κ1) is 21.8. The number of carbonyl (C=O) groups excluding carboxylic acids is 3. The molecule has 3 aliphatic rings. The number of carbonyl (C=O) groups is 3. The molecule has 31 heavy (non-hydrogen) atoms. The maximum absolute atomic E-state index is 13.0. The number of nitrogens with zero attached hydrogens (tertiary/aromatic N) is 2. The molecule has 0 aromatic heterocycles. The third kappa shape index (κ3) is 3.94. The molecule has 2 N–H and O–H groups in total. The van der Waals surface area contributed by atoms with E-state index in [1.807, 2.05) is 13.0 Å². The van der Waals surface area contributed by atoms with Crippen molar-refractivity contribution < 1.29 is 22.8 Å². The molecule has 4 rings (SSSR count). The number of sulfonamides is 1. The van der Waals surface area contributed by atoms with Gasteiger partial charge in [-0.05, 0) is 51.2 Å². The van der Waals surface area contributed by atoms with Crippen LogP contribution in [-0.4, -0.2) is 67.2 Å². The van der Waals surface area contributed by atoms with Crippen molar-refractivity contribution in [3.8, 4) is 0 Å². The zero-order valence-electron chi connectivity index (χ0n) is 17.8. The zero-order valence-corrected chi connectivity index (χ0v) is 18.6. The molecule has 3 fully saturated rings. The number of hydrogen-bond donors (Lipinski definition) is 2. The highest BCUT2D eigenvalue weighted by atomic mass is 32.2. The Labute approximate surface area is 182 Å². The molecule has 1 aromatic rings. The monoisotopic (exact) mass is 448 g/mol. The molecule has 2 aliphatic heterocycles. The van der Waals surface area contributed by atoms with E-state index in [-0.39, 0.29) is 30.8 Å². The van der Waals surface area contributed by atoms with Crippen LogP contribution in [0.3, 0.4) is 0 Å². The molecule has 1 saturated carbocycles. The zero-order chi connectivity index (χ0) is 22.4. The van der Waals surface area contributed by atoms with Gasteiger partial charge in [0.1, 0.15) is 5.54 Å². The molecule has 0 radical (unpaired) electrons. The van der Waals surface area contributed by atoms with Crippen LogP contribution in [0.1, 0.15) is 36.8 Å². The molecule has 0 unspecified atom stereocenters. The van der Waals surface area contributed by atoms with Gasteiger partial charge in [0.2, 0.25) is 15.9 Å². The van der Waals surface area contributed by atoms with Crippen molar-refractivity contribution in [2.45, 2.75) is 50.0 Å². The van der Waals surface area contributed by atoms with Gasteiger partial charge in [0.15, 0.2) is 0 Å². The Morgan fingerprint density at radius 3 is 2.26 bits per heavy atom. The quantitative estimate of drug-likeness (QED) is 0.667. The summed E-state index contributed by atoms with van der Waals surface area (Å²) in [5, 5.41) is 4.98. The van der Waals surface area contributed by atoms with Crippen LogP contribution >= 0.6 is 0 Å². The van der Waals surface area contributed by atoms with Gasteiger partial charge in [-0.25, -0.2) is 13.2 Å². The molecule has 1 spiro atoms. The van der Waals surface area contributed by atoms with E-state index in [4.69, 9.17) is 0 Å². The van der Waals surface area contributed by atoms with Gasteiger partial charge in [-0.3, -0.25) is 14.9 Å². The Kier molecular flexibility index (Phi) is 5.55. The topological polar surface area (TPSA) is 116 Å². The van der Waals surface area contributed by atoms with Gasteiger partial charge in [0.05, 0.1) is 4.90 Å². The summed E-state index contributed by atoms with van der Waals surface area (Å²) >= 11 is 0. The average Bonchev–Trinajstić information content (AvgIpc) is 3.00. The third-order valence-corrected chi connectivity index (χ3v) is 8.76. The second kappa shape index (κ2) is 7.90. The molecule has 168 valence electrons. The smallest absolute Gasteiger partial charge is 0.322 e. The minimum Gasteiger partial charge on any atom is -0.340 e. The van der Waals surface area contributed by atoms with Crippen molar-refractivity contribution in [2.75, 3.05) is 26.2 Å². The predicted octanol–water partition coefficient (Wildman–Crippen LogP) is 0.905. The van der Waals surface area contributed by atoms with E-state index < -0.39 is 21.6 Å². The normalized spacial score (nSPS) is 27.3. The molecule has 2 heterocycles. The molecule has 1 aliphatic carbocycles. The standard InChI is InChI=1S/C21H28N4O5S/c1-14-3-4-17(15(2)13-14)31(29,30)25-11-9-24(10-12-25)18(26)16-5-7-21(8-6-16)19(27)22-20(28)23-21/h3-4,13,16H,5-12H2,1-2H3,(H2,22,23,27,28). The number of urea groups is 1. The highest BCUT2D eigenvalue weighted by Gasteiger charge is 2.49. The summed E-state index contributed by atoms with van der Waals surface area (Å²) < 4.78 is 27.5. The predicted molar refractivity (Wildman–Crippen MR) is 113 cm³/mol. The molecule has 0 atom stereocenters. The summed E-state index contributed by atoms with van der Waals surface area (Å²) in [4.78, 5) is 38.6. The van der Waals surface area contributed by atoms with Crippen molar-refractivity contribution in [1.82, 2.24) is 19.8 Å². The molecule has 9 nitrogen and oxygen atoms in total. The molecular weight excluding hydrogens is 420 g/mol. The number of amides is 4. The Hall–Kier alpha value is -2.46. The summed E-state index contributed by atoms with van der Waals surface area (Å²) in [5.41, 5.74) is 0.848. The van der Waals surface area contributed by atoms with Gasteiger partial charge in [0, 0.05) is 32.1 Å². The summed E-state index contributed by atoms with van der Waals surface area (Å²) in [5.74, 6) is -0.518. The Morgan fingerprint density at radius 2 is 1.71 bits per heavy atom. The molecule has 2 saturated heterocycles. The fourth-order valence-corrected chi connectivity index (χ4v) is 6.50. The fourth-order valence-electron chi connectivity index (χ4n) is 4.87. The summed E-state index contributed by atoms with van der Waals surface area (Å²) in [6.07, 6.45) is 1.91. The lowest BCUT2D eigenvalue weighted by atomic mass is 9.76. The number of rotatable bonds is 3. The van der Waals surface area contributed by atoms with E-state index in [0.717, 1.165) is 11.1 Å². The molecule has 10 heteroatoms. The first-order chi connectivity index (χ1) is 14.6. The van der Waals surface area contributed by atoms with E-state index >= 15 is 0 Å². The van der Waals surface area contributed by atoms with Gasteiger partial charge in [-0.1, -0.05) is 17.7 Å². The lowest BCUT2D eigenvalue weighted by Gasteiger charge is -2.39. The largest absolute Gasteiger partial charge is 0.340 e. The van der Waals surface area contributed by atoms with Crippen molar-refractivity contribution in [1.29, 1.82) is 0 Å². The molecular formula is C21H28N4O5S. The van der Waals surface area contributed by atoms with Crippen molar-refractivity contribution in [2.24, 2.45) is 5.92 Å². The minimum absolute atomic E-state index is 0.00291. The van der Waals surface area contributed by atoms with Crippen LogP contribution in [0.15, 0.2) is 23.1 Å². The Morgan fingerprint density at radius 1 is 1.06 bits per heavy atom. The number of benzene rings is 1. The van der Waals surface area contributed by atoms with Crippen molar-refractivity contribution >= 4 is 27.9 Å². The van der Waals surface area contributed by atoms with Crippen LogP contribution in [0.25, 0.3) is 0 Å². The van der Waals surface area contributed by atoms with Gasteiger partial charge in [-0.15, -0.1) is 0 Å². The third-order valence-electron chi connectivity index (χ3n) is 6.70. The van der Waals surface area contributed by atoms with Gasteiger partial charge in [-0.2, -0.15) is 4.31 Å². The van der Waals surface area contributed by atoms with E-state index in [0.29, 0.717) is 43.7 Å². The van der Waals surface area contributed by atoms with Crippen molar-refractivity contribution in [3.63, 3.8) is 0 Å². The summed E-state index contributed by atoms with van der Waals surface area (Å²) in [6, 6.07) is 4.82. The SMILES string of the molecule is Cc1ccc(S(=O)(=O)N2CCN(C(=O)C3CCC4(CC3)NC(=O)NC4=O)CC2)c(C)c1. The van der Waals surface area contributed by atoms with Crippen LogP contribution in [0.4, 0.5) is 4.79 Å². The van der Waals surface area contributed by atoms with Crippen LogP contribution in [0.2, 0.25) is 0 Å². The first-order valence-corrected chi connectivity index (χ1v) is 12.1. The van der Waals surface area contributed by atoms with Gasteiger partial charge >= 0.3 is 6.03 Å². The average molecular weight is 449 g/mol. The Bertz CT molecular complexity index is 1020. The second-order valence-corrected chi connectivity index (χ2v) is 10.7. The first-order valence-electron chi connectivity index (χ1n) is 10.6. The van der Waals surface area contributed by atoms with E-state index in [1.54, 1.807) is 24.0 Å². The number of piperazine rings is 1. The maximum Gasteiger partial charge on any atom is 0.322 e. The van der Waals surface area contributed by atoms with Gasteiger partial charge in [0.25, 0.3) is 5.91 Å².